The lowest BCUT2D eigenvalue weighted by Gasteiger charge is -2.30. The number of aryl methyl sites for hydroxylation is 1. The van der Waals surface area contributed by atoms with E-state index >= 15 is 0 Å². The number of hydrogen-bond acceptors (Lipinski definition) is 6. The van der Waals surface area contributed by atoms with E-state index in [4.69, 9.17) is 21.1 Å². The molecule has 212 valence electrons. The number of esters is 1. The number of ether oxygens (including phenoxy) is 2. The minimum Gasteiger partial charge on any atom is -0.484 e. The van der Waals surface area contributed by atoms with E-state index in [1.54, 1.807) is 84.6 Å². The van der Waals surface area contributed by atoms with Crippen molar-refractivity contribution in [3.05, 3.63) is 88.9 Å². The largest absolute Gasteiger partial charge is 0.484 e. The Bertz CT molecular complexity index is 1400. The van der Waals surface area contributed by atoms with Crippen LogP contribution in [0, 0.1) is 12.8 Å². The first-order chi connectivity index (χ1) is 19.2. The number of piperidine rings is 1. The molecule has 1 saturated heterocycles. The molecule has 0 bridgehead atoms. The first-order valence-corrected chi connectivity index (χ1v) is 15.0. The third-order valence-corrected chi connectivity index (χ3v) is 8.84. The molecular formula is C30H33ClN2O6S. The molecule has 1 heterocycles. The van der Waals surface area contributed by atoms with Crippen LogP contribution in [0.2, 0.25) is 5.02 Å². The third-order valence-electron chi connectivity index (χ3n) is 6.80. The summed E-state index contributed by atoms with van der Waals surface area (Å²) in [5, 5.41) is 0.566. The van der Waals surface area contributed by atoms with Crippen molar-refractivity contribution in [2.24, 2.45) is 5.92 Å². The van der Waals surface area contributed by atoms with Crippen molar-refractivity contribution >= 4 is 39.2 Å². The molecule has 1 aliphatic rings. The molecule has 0 aromatic heterocycles. The van der Waals surface area contributed by atoms with Gasteiger partial charge in [-0.05, 0) is 80.8 Å². The first kappa shape index (κ1) is 29.4. The van der Waals surface area contributed by atoms with Gasteiger partial charge in [-0.25, -0.2) is 8.42 Å². The van der Waals surface area contributed by atoms with Crippen LogP contribution < -0.4 is 9.04 Å². The number of hydrogen-bond donors (Lipinski definition) is 0. The number of amides is 1. The Balaban J connectivity index is 1.44. The fourth-order valence-corrected chi connectivity index (χ4v) is 6.06. The van der Waals surface area contributed by atoms with Gasteiger partial charge in [0.15, 0.2) is 6.61 Å². The van der Waals surface area contributed by atoms with Crippen molar-refractivity contribution < 1.29 is 27.5 Å². The molecule has 40 heavy (non-hydrogen) atoms. The summed E-state index contributed by atoms with van der Waals surface area (Å²) < 4.78 is 39.5. The molecule has 3 aromatic rings. The maximum Gasteiger partial charge on any atom is 0.309 e. The van der Waals surface area contributed by atoms with Gasteiger partial charge in [0, 0.05) is 18.1 Å². The molecule has 0 aliphatic carbocycles. The highest BCUT2D eigenvalue weighted by atomic mass is 35.5. The van der Waals surface area contributed by atoms with Gasteiger partial charge in [-0.2, -0.15) is 0 Å². The van der Waals surface area contributed by atoms with Gasteiger partial charge in [-0.15, -0.1) is 0 Å². The van der Waals surface area contributed by atoms with Gasteiger partial charge >= 0.3 is 5.97 Å². The van der Waals surface area contributed by atoms with E-state index in [-0.39, 0.29) is 35.8 Å². The van der Waals surface area contributed by atoms with Gasteiger partial charge in [0.2, 0.25) is 0 Å². The molecule has 1 fully saturated rings. The number of anilines is 1. The van der Waals surface area contributed by atoms with Gasteiger partial charge in [0.25, 0.3) is 15.9 Å². The van der Waals surface area contributed by atoms with Crippen LogP contribution in [-0.4, -0.2) is 51.5 Å². The van der Waals surface area contributed by atoms with Gasteiger partial charge in [-0.1, -0.05) is 41.4 Å². The van der Waals surface area contributed by atoms with Gasteiger partial charge in [-0.3, -0.25) is 13.9 Å². The van der Waals surface area contributed by atoms with Crippen molar-refractivity contribution in [2.75, 3.05) is 30.6 Å². The molecule has 0 N–H and O–H groups in total. The lowest BCUT2D eigenvalue weighted by atomic mass is 9.97. The molecule has 8 nitrogen and oxygen atoms in total. The Kier molecular flexibility index (Phi) is 9.71. The number of sulfonamides is 1. The summed E-state index contributed by atoms with van der Waals surface area (Å²) in [6, 6.07) is 20.4. The van der Waals surface area contributed by atoms with E-state index in [2.05, 4.69) is 0 Å². The molecular weight excluding hydrogens is 552 g/mol. The van der Waals surface area contributed by atoms with Crippen LogP contribution in [0.3, 0.4) is 0 Å². The maximum absolute atomic E-state index is 13.7. The molecule has 0 radical (unpaired) electrons. The summed E-state index contributed by atoms with van der Waals surface area (Å²) in [4.78, 5) is 26.5. The second-order valence-electron chi connectivity index (χ2n) is 9.64. The highest BCUT2D eigenvalue weighted by Gasteiger charge is 2.29. The molecule has 0 saturated carbocycles. The fraction of sp³-hybridized carbons (Fsp3) is 0.333. The molecule has 4 rings (SSSR count). The van der Waals surface area contributed by atoms with E-state index in [0.29, 0.717) is 49.0 Å². The summed E-state index contributed by atoms with van der Waals surface area (Å²) in [7, 11) is -3.88. The lowest BCUT2D eigenvalue weighted by Crippen LogP contribution is -2.42. The van der Waals surface area contributed by atoms with E-state index in [1.165, 1.54) is 4.31 Å². The summed E-state index contributed by atoms with van der Waals surface area (Å²) in [6.07, 6.45) is 1.14. The van der Waals surface area contributed by atoms with Crippen molar-refractivity contribution in [1.82, 2.24) is 4.90 Å². The second kappa shape index (κ2) is 13.2. The molecule has 0 spiro atoms. The Hall–Kier alpha value is -3.56. The highest BCUT2D eigenvalue weighted by molar-refractivity contribution is 7.92. The normalized spacial score (nSPS) is 14.0. The van der Waals surface area contributed by atoms with Crippen molar-refractivity contribution in [3.8, 4) is 5.75 Å². The Morgan fingerprint density at radius 1 is 0.950 bits per heavy atom. The molecule has 1 aliphatic heterocycles. The lowest BCUT2D eigenvalue weighted by molar-refractivity contribution is -0.151. The highest BCUT2D eigenvalue weighted by Crippen LogP contribution is 2.28. The van der Waals surface area contributed by atoms with Crippen LogP contribution in [0.5, 0.6) is 5.75 Å². The molecule has 3 aromatic carbocycles. The van der Waals surface area contributed by atoms with Crippen LogP contribution in [0.15, 0.2) is 77.7 Å². The van der Waals surface area contributed by atoms with Crippen molar-refractivity contribution in [1.29, 1.82) is 0 Å². The van der Waals surface area contributed by atoms with Crippen molar-refractivity contribution in [3.63, 3.8) is 0 Å². The average molecular weight is 585 g/mol. The minimum atomic E-state index is -3.88. The topological polar surface area (TPSA) is 93.2 Å². The summed E-state index contributed by atoms with van der Waals surface area (Å²) in [5.41, 5.74) is 2.19. The zero-order chi connectivity index (χ0) is 28.7. The van der Waals surface area contributed by atoms with Crippen LogP contribution in [-0.2, 0) is 30.9 Å². The fourth-order valence-electron chi connectivity index (χ4n) is 4.48. The summed E-state index contributed by atoms with van der Waals surface area (Å²) in [5.74, 6) is -0.111. The zero-order valence-corrected chi connectivity index (χ0v) is 24.2. The third kappa shape index (κ3) is 7.34. The van der Waals surface area contributed by atoms with E-state index < -0.39 is 10.0 Å². The number of rotatable bonds is 10. The number of likely N-dealkylation sites (tertiary alicyclic amines) is 1. The maximum atomic E-state index is 13.7. The number of carbonyl (C=O) groups excluding carboxylic acids is 2. The predicted molar refractivity (Wildman–Crippen MR) is 154 cm³/mol. The van der Waals surface area contributed by atoms with Gasteiger partial charge in [0.1, 0.15) is 5.75 Å². The van der Waals surface area contributed by atoms with Crippen molar-refractivity contribution in [2.45, 2.75) is 38.1 Å². The number of nitrogens with zero attached hydrogens (tertiary/aromatic N) is 2. The van der Waals surface area contributed by atoms with Crippen LogP contribution in [0.1, 0.15) is 30.9 Å². The van der Waals surface area contributed by atoms with Crippen LogP contribution in [0.25, 0.3) is 0 Å². The van der Waals surface area contributed by atoms with E-state index in [9.17, 15) is 18.0 Å². The number of benzene rings is 3. The monoisotopic (exact) mass is 584 g/mol. The minimum absolute atomic E-state index is 0.105. The zero-order valence-electron chi connectivity index (χ0n) is 22.6. The number of carbonyl (C=O) groups is 2. The number of halogens is 1. The smallest absolute Gasteiger partial charge is 0.309 e. The van der Waals surface area contributed by atoms with E-state index in [0.717, 1.165) is 11.1 Å². The summed E-state index contributed by atoms with van der Waals surface area (Å²) in [6.45, 7) is 4.93. The molecule has 0 atom stereocenters. The predicted octanol–water partition coefficient (Wildman–Crippen LogP) is 5.22. The Labute approximate surface area is 240 Å². The average Bonchev–Trinajstić information content (AvgIpc) is 2.96. The van der Waals surface area contributed by atoms with Gasteiger partial charge in [0.05, 0.1) is 29.7 Å². The summed E-state index contributed by atoms with van der Waals surface area (Å²) >= 11 is 6.02. The van der Waals surface area contributed by atoms with Gasteiger partial charge < -0.3 is 14.4 Å². The van der Waals surface area contributed by atoms with E-state index in [1.807, 2.05) is 6.92 Å². The Morgan fingerprint density at radius 2 is 1.57 bits per heavy atom. The standard InChI is InChI=1S/C30H33ClN2O6S/c1-3-38-30(35)24-16-18-32(19-17-24)29(34)21-39-27-12-10-26(11-13-27)33(20-23-6-8-25(31)9-7-23)40(36,37)28-14-4-22(2)5-15-28/h4-15,24H,3,16-21H2,1-2H3. The second-order valence-corrected chi connectivity index (χ2v) is 11.9. The van der Waals surface area contributed by atoms with Crippen LogP contribution >= 0.6 is 11.6 Å². The first-order valence-electron chi connectivity index (χ1n) is 13.2. The molecule has 10 heteroatoms. The molecule has 1 amide bonds. The SMILES string of the molecule is CCOC(=O)C1CCN(C(=O)COc2ccc(N(Cc3ccc(Cl)cc3)S(=O)(=O)c3ccc(C)cc3)cc2)CC1. The Morgan fingerprint density at radius 3 is 2.17 bits per heavy atom. The quantitative estimate of drug-likeness (QED) is 0.303. The van der Waals surface area contributed by atoms with Crippen LogP contribution in [0.4, 0.5) is 5.69 Å². The molecule has 0 unspecified atom stereocenters.